The number of rotatable bonds is 6. The molecule has 0 spiro atoms. The maximum atomic E-state index is 12.7. The van der Waals surface area contributed by atoms with E-state index in [0.29, 0.717) is 23.4 Å². The van der Waals surface area contributed by atoms with Crippen LogP contribution in [-0.2, 0) is 4.79 Å². The molecule has 1 aromatic heterocycles. The Morgan fingerprint density at radius 3 is 2.72 bits per heavy atom. The second-order valence-electron chi connectivity index (χ2n) is 5.39. The Balaban J connectivity index is 1.82. The van der Waals surface area contributed by atoms with Crippen LogP contribution in [0.2, 0.25) is 0 Å². The molecule has 0 radical (unpaired) electrons. The van der Waals surface area contributed by atoms with Crippen molar-refractivity contribution in [1.82, 2.24) is 4.98 Å². The van der Waals surface area contributed by atoms with Gasteiger partial charge in [0.15, 0.2) is 0 Å². The molecule has 5 nitrogen and oxygen atoms in total. The van der Waals surface area contributed by atoms with Gasteiger partial charge in [-0.1, -0.05) is 24.3 Å². The van der Waals surface area contributed by atoms with E-state index in [0.717, 1.165) is 15.8 Å². The molecule has 2 aromatic carbocycles. The number of fused-ring (bicyclic) bond motifs is 1. The van der Waals surface area contributed by atoms with Gasteiger partial charge in [-0.3, -0.25) is 14.6 Å². The van der Waals surface area contributed by atoms with Gasteiger partial charge in [0.05, 0.1) is 11.2 Å². The molecular weight excluding hydrogens is 334 g/mol. The first-order valence-corrected chi connectivity index (χ1v) is 8.79. The van der Waals surface area contributed by atoms with E-state index < -0.39 is 0 Å². The molecule has 3 rings (SSSR count). The SMILES string of the molecule is NC(=O)CCSc1ccccc1NC(=O)c1cccc2ncccc12. The van der Waals surface area contributed by atoms with Crippen LogP contribution in [-0.4, -0.2) is 22.6 Å². The normalized spacial score (nSPS) is 10.6. The van der Waals surface area contributed by atoms with Crippen molar-refractivity contribution in [3.05, 3.63) is 66.4 Å². The van der Waals surface area contributed by atoms with Crippen LogP contribution in [0.5, 0.6) is 0 Å². The fourth-order valence-electron chi connectivity index (χ4n) is 2.45. The molecule has 2 amide bonds. The number of hydrogen-bond acceptors (Lipinski definition) is 4. The van der Waals surface area contributed by atoms with E-state index in [4.69, 9.17) is 5.73 Å². The second-order valence-corrected chi connectivity index (χ2v) is 6.53. The van der Waals surface area contributed by atoms with Crippen molar-refractivity contribution in [2.45, 2.75) is 11.3 Å². The molecule has 0 atom stereocenters. The minimum atomic E-state index is -0.336. The van der Waals surface area contributed by atoms with Crippen LogP contribution in [0.25, 0.3) is 10.9 Å². The number of hydrogen-bond donors (Lipinski definition) is 2. The molecule has 3 N–H and O–H groups in total. The predicted molar refractivity (Wildman–Crippen MR) is 101 cm³/mol. The topological polar surface area (TPSA) is 85.1 Å². The third-order valence-electron chi connectivity index (χ3n) is 3.63. The van der Waals surface area contributed by atoms with E-state index in [1.165, 1.54) is 11.8 Å². The number of carbonyl (C=O) groups is 2. The number of thioether (sulfide) groups is 1. The van der Waals surface area contributed by atoms with Gasteiger partial charge in [0.25, 0.3) is 5.91 Å². The quantitative estimate of drug-likeness (QED) is 0.666. The van der Waals surface area contributed by atoms with Crippen LogP contribution in [0.1, 0.15) is 16.8 Å². The molecule has 0 aliphatic carbocycles. The third-order valence-corrected chi connectivity index (χ3v) is 4.71. The Kier molecular flexibility index (Phi) is 5.30. The Morgan fingerprint density at radius 1 is 1.04 bits per heavy atom. The molecule has 0 aliphatic heterocycles. The Bertz CT molecular complexity index is 922. The van der Waals surface area contributed by atoms with Gasteiger partial charge in [0.2, 0.25) is 5.91 Å². The van der Waals surface area contributed by atoms with Crippen molar-refractivity contribution in [3.8, 4) is 0 Å². The van der Waals surface area contributed by atoms with Crippen molar-refractivity contribution in [2.24, 2.45) is 5.73 Å². The van der Waals surface area contributed by atoms with Crippen LogP contribution >= 0.6 is 11.8 Å². The lowest BCUT2D eigenvalue weighted by molar-refractivity contribution is -0.117. The third kappa shape index (κ3) is 4.16. The summed E-state index contributed by atoms with van der Waals surface area (Å²) in [5, 5.41) is 3.76. The van der Waals surface area contributed by atoms with E-state index >= 15 is 0 Å². The number of carbonyl (C=O) groups excluding carboxylic acids is 2. The van der Waals surface area contributed by atoms with Gasteiger partial charge in [-0.25, -0.2) is 0 Å². The summed E-state index contributed by atoms with van der Waals surface area (Å²) in [5.41, 5.74) is 7.24. The Hall–Kier alpha value is -2.86. The first kappa shape index (κ1) is 17.0. The highest BCUT2D eigenvalue weighted by Crippen LogP contribution is 2.28. The number of benzene rings is 2. The lowest BCUT2D eigenvalue weighted by atomic mass is 10.1. The van der Waals surface area contributed by atoms with Gasteiger partial charge in [-0.05, 0) is 30.3 Å². The summed E-state index contributed by atoms with van der Waals surface area (Å²) in [6, 6.07) is 16.7. The zero-order chi connectivity index (χ0) is 17.6. The molecule has 0 saturated heterocycles. The average Bonchev–Trinajstić information content (AvgIpc) is 2.62. The van der Waals surface area contributed by atoms with Gasteiger partial charge in [-0.2, -0.15) is 0 Å². The zero-order valence-corrected chi connectivity index (χ0v) is 14.3. The van der Waals surface area contributed by atoms with E-state index in [-0.39, 0.29) is 11.8 Å². The van der Waals surface area contributed by atoms with Gasteiger partial charge >= 0.3 is 0 Å². The maximum absolute atomic E-state index is 12.7. The molecule has 0 aliphatic rings. The van der Waals surface area contributed by atoms with Gasteiger partial charge in [0.1, 0.15) is 0 Å². The maximum Gasteiger partial charge on any atom is 0.256 e. The number of para-hydroxylation sites is 1. The summed E-state index contributed by atoms with van der Waals surface area (Å²) >= 11 is 1.49. The number of amides is 2. The molecule has 3 aromatic rings. The van der Waals surface area contributed by atoms with Crippen LogP contribution in [0, 0.1) is 0 Å². The molecule has 6 heteroatoms. The molecule has 126 valence electrons. The number of anilines is 1. The largest absolute Gasteiger partial charge is 0.370 e. The predicted octanol–water partition coefficient (Wildman–Crippen LogP) is 3.45. The summed E-state index contributed by atoms with van der Waals surface area (Å²) in [6.45, 7) is 0. The van der Waals surface area contributed by atoms with Crippen molar-refractivity contribution in [3.63, 3.8) is 0 Å². The van der Waals surface area contributed by atoms with Crippen molar-refractivity contribution >= 4 is 40.2 Å². The number of pyridine rings is 1. The summed E-state index contributed by atoms with van der Waals surface area (Å²) < 4.78 is 0. The standard InChI is InChI=1S/C19H17N3O2S/c20-18(23)10-12-25-17-9-2-1-7-16(17)22-19(24)14-5-3-8-15-13(14)6-4-11-21-15/h1-9,11H,10,12H2,(H2,20,23)(H,22,24). The first-order valence-electron chi connectivity index (χ1n) is 7.80. The summed E-state index contributed by atoms with van der Waals surface area (Å²) in [4.78, 5) is 28.8. The van der Waals surface area contributed by atoms with Crippen molar-refractivity contribution < 1.29 is 9.59 Å². The van der Waals surface area contributed by atoms with Crippen LogP contribution in [0.4, 0.5) is 5.69 Å². The van der Waals surface area contributed by atoms with Gasteiger partial charge in [0, 0.05) is 34.2 Å². The van der Waals surface area contributed by atoms with Crippen LogP contribution in [0.15, 0.2) is 65.7 Å². The highest BCUT2D eigenvalue weighted by molar-refractivity contribution is 7.99. The molecular formula is C19H17N3O2S. The number of nitrogens with zero attached hydrogens (tertiary/aromatic N) is 1. The molecule has 0 fully saturated rings. The first-order chi connectivity index (χ1) is 12.1. The van der Waals surface area contributed by atoms with Gasteiger partial charge < -0.3 is 11.1 Å². The van der Waals surface area contributed by atoms with E-state index in [9.17, 15) is 9.59 Å². The number of primary amides is 1. The molecule has 0 unspecified atom stereocenters. The van der Waals surface area contributed by atoms with Crippen LogP contribution in [0.3, 0.4) is 0 Å². The minimum absolute atomic E-state index is 0.193. The molecule has 1 heterocycles. The molecule has 0 saturated carbocycles. The monoisotopic (exact) mass is 351 g/mol. The average molecular weight is 351 g/mol. The van der Waals surface area contributed by atoms with Crippen LogP contribution < -0.4 is 11.1 Å². The van der Waals surface area contributed by atoms with Gasteiger partial charge in [-0.15, -0.1) is 11.8 Å². The fourth-order valence-corrected chi connectivity index (χ4v) is 3.42. The zero-order valence-electron chi connectivity index (χ0n) is 13.4. The van der Waals surface area contributed by atoms with E-state index in [1.54, 1.807) is 12.3 Å². The lowest BCUT2D eigenvalue weighted by Gasteiger charge is -2.11. The minimum Gasteiger partial charge on any atom is -0.370 e. The van der Waals surface area contributed by atoms with E-state index in [2.05, 4.69) is 10.3 Å². The summed E-state index contributed by atoms with van der Waals surface area (Å²) in [5.74, 6) is 0.0410. The number of aromatic nitrogens is 1. The number of nitrogens with one attached hydrogen (secondary N) is 1. The highest BCUT2D eigenvalue weighted by atomic mass is 32.2. The second kappa shape index (κ2) is 7.81. The summed E-state index contributed by atoms with van der Waals surface area (Å²) in [6.07, 6.45) is 2.00. The molecule has 0 bridgehead atoms. The Morgan fingerprint density at radius 2 is 1.88 bits per heavy atom. The smallest absolute Gasteiger partial charge is 0.256 e. The van der Waals surface area contributed by atoms with E-state index in [1.807, 2.05) is 48.5 Å². The number of nitrogens with two attached hydrogens (primary N) is 1. The Labute approximate surface area is 149 Å². The highest BCUT2D eigenvalue weighted by Gasteiger charge is 2.12. The summed E-state index contributed by atoms with van der Waals surface area (Å²) in [7, 11) is 0. The lowest BCUT2D eigenvalue weighted by Crippen LogP contribution is -2.13. The fraction of sp³-hybridized carbons (Fsp3) is 0.105. The van der Waals surface area contributed by atoms with Crippen molar-refractivity contribution in [1.29, 1.82) is 0 Å². The van der Waals surface area contributed by atoms with Crippen molar-refractivity contribution in [2.75, 3.05) is 11.1 Å². The molecule has 25 heavy (non-hydrogen) atoms.